The van der Waals surface area contributed by atoms with Crippen molar-refractivity contribution in [3.05, 3.63) is 56.5 Å². The largest absolute Gasteiger partial charge is 0.287 e. The second-order valence-electron chi connectivity index (χ2n) is 3.86. The standard InChI is InChI=1S/C12H11N2O3S/c1-9-7-18-8-13(9)6-12(15)10-2-4-11(5-3-10)14(16)17/h2-5,7-8H,6H2,1H3/q+1. The first-order valence-corrected chi connectivity index (χ1v) is 6.22. The van der Waals surface area contributed by atoms with Gasteiger partial charge in [0.2, 0.25) is 17.8 Å². The quantitative estimate of drug-likeness (QED) is 0.367. The van der Waals surface area contributed by atoms with Crippen LogP contribution in [0.2, 0.25) is 0 Å². The number of nitrogens with zero attached hydrogens (tertiary/aromatic N) is 2. The Morgan fingerprint density at radius 2 is 2.06 bits per heavy atom. The smallest absolute Gasteiger partial charge is 0.269 e. The molecule has 5 nitrogen and oxygen atoms in total. The predicted molar refractivity (Wildman–Crippen MR) is 66.7 cm³/mol. The number of hydrogen-bond donors (Lipinski definition) is 0. The number of rotatable bonds is 4. The summed E-state index contributed by atoms with van der Waals surface area (Å²) in [4.78, 5) is 22.0. The van der Waals surface area contributed by atoms with Crippen molar-refractivity contribution >= 4 is 22.8 Å². The van der Waals surface area contributed by atoms with Gasteiger partial charge < -0.3 is 0 Å². The van der Waals surface area contributed by atoms with E-state index in [0.717, 1.165) is 5.69 Å². The number of thiazole rings is 1. The summed E-state index contributed by atoms with van der Waals surface area (Å²) in [5.41, 5.74) is 3.37. The normalized spacial score (nSPS) is 10.3. The fourth-order valence-electron chi connectivity index (χ4n) is 1.53. The Labute approximate surface area is 107 Å². The van der Waals surface area contributed by atoms with Crippen molar-refractivity contribution in [2.24, 2.45) is 0 Å². The predicted octanol–water partition coefficient (Wildman–Crippen LogP) is 2.14. The molecule has 0 atom stereocenters. The topological polar surface area (TPSA) is 64.1 Å². The lowest BCUT2D eigenvalue weighted by Crippen LogP contribution is -2.38. The number of hydrogen-bond acceptors (Lipinski definition) is 4. The Morgan fingerprint density at radius 1 is 1.39 bits per heavy atom. The zero-order chi connectivity index (χ0) is 13.1. The average Bonchev–Trinajstić information content (AvgIpc) is 2.75. The summed E-state index contributed by atoms with van der Waals surface area (Å²) in [5.74, 6) is -0.0589. The zero-order valence-corrected chi connectivity index (χ0v) is 10.5. The number of ketones is 1. The minimum atomic E-state index is -0.480. The number of carbonyl (C=O) groups excluding carboxylic acids is 1. The molecule has 1 heterocycles. The van der Waals surface area contributed by atoms with E-state index < -0.39 is 4.92 Å². The molecule has 6 heteroatoms. The number of Topliss-reactive ketones (excluding diaryl/α,β-unsaturated/α-hetero) is 1. The zero-order valence-electron chi connectivity index (χ0n) is 9.70. The maximum Gasteiger partial charge on any atom is 0.269 e. The number of nitro benzene ring substituents is 1. The Bertz CT molecular complexity index is 590. The lowest BCUT2D eigenvalue weighted by Gasteiger charge is -1.97. The highest BCUT2D eigenvalue weighted by molar-refractivity contribution is 7.07. The first kappa shape index (κ1) is 12.4. The van der Waals surface area contributed by atoms with Crippen molar-refractivity contribution in [2.45, 2.75) is 13.5 Å². The average molecular weight is 263 g/mol. The van der Waals surface area contributed by atoms with Gasteiger partial charge in [-0.15, -0.1) is 0 Å². The van der Waals surface area contributed by atoms with Crippen LogP contribution in [0.25, 0.3) is 0 Å². The lowest BCUT2D eigenvalue weighted by atomic mass is 10.1. The van der Waals surface area contributed by atoms with E-state index in [2.05, 4.69) is 0 Å². The van der Waals surface area contributed by atoms with Gasteiger partial charge in [-0.25, -0.2) is 0 Å². The summed E-state index contributed by atoms with van der Waals surface area (Å²) in [6.07, 6.45) is 0. The number of benzene rings is 1. The van der Waals surface area contributed by atoms with Gasteiger partial charge in [0.15, 0.2) is 5.69 Å². The number of non-ortho nitro benzene ring substituents is 1. The van der Waals surface area contributed by atoms with E-state index in [-0.39, 0.29) is 18.0 Å². The third-order valence-corrected chi connectivity index (χ3v) is 3.45. The van der Waals surface area contributed by atoms with Crippen LogP contribution in [0.4, 0.5) is 5.69 Å². The van der Waals surface area contributed by atoms with E-state index in [1.54, 1.807) is 0 Å². The number of aryl methyl sites for hydroxylation is 1. The Balaban J connectivity index is 2.14. The molecule has 0 unspecified atom stereocenters. The molecule has 0 N–H and O–H groups in total. The van der Waals surface area contributed by atoms with Crippen molar-refractivity contribution in [1.82, 2.24) is 0 Å². The molecule has 0 aliphatic carbocycles. The Hall–Kier alpha value is -2.08. The summed E-state index contributed by atoms with van der Waals surface area (Å²) < 4.78 is 1.86. The van der Waals surface area contributed by atoms with E-state index in [1.807, 2.05) is 22.4 Å². The number of nitro groups is 1. The maximum atomic E-state index is 12.0. The van der Waals surface area contributed by atoms with Gasteiger partial charge in [0.25, 0.3) is 5.69 Å². The van der Waals surface area contributed by atoms with Crippen molar-refractivity contribution in [1.29, 1.82) is 0 Å². The molecule has 0 radical (unpaired) electrons. The highest BCUT2D eigenvalue weighted by Gasteiger charge is 2.16. The monoisotopic (exact) mass is 263 g/mol. The van der Waals surface area contributed by atoms with Crippen LogP contribution >= 0.6 is 11.3 Å². The van der Waals surface area contributed by atoms with Crippen LogP contribution in [0.1, 0.15) is 16.1 Å². The number of aromatic nitrogens is 1. The minimum Gasteiger partial charge on any atom is -0.287 e. The van der Waals surface area contributed by atoms with Gasteiger partial charge >= 0.3 is 0 Å². The minimum absolute atomic E-state index is 0.00841. The summed E-state index contributed by atoms with van der Waals surface area (Å²) in [6.45, 7) is 2.19. The molecule has 1 aromatic heterocycles. The molecule has 0 aliphatic rings. The molecule has 2 aromatic rings. The fraction of sp³-hybridized carbons (Fsp3) is 0.167. The van der Waals surface area contributed by atoms with Gasteiger partial charge in [0.05, 0.1) is 10.3 Å². The molecule has 18 heavy (non-hydrogen) atoms. The molecular weight excluding hydrogens is 252 g/mol. The van der Waals surface area contributed by atoms with E-state index in [0.29, 0.717) is 5.56 Å². The van der Waals surface area contributed by atoms with Crippen LogP contribution in [-0.4, -0.2) is 10.7 Å². The summed E-state index contributed by atoms with van der Waals surface area (Å²) in [7, 11) is 0. The van der Waals surface area contributed by atoms with Gasteiger partial charge in [-0.3, -0.25) is 14.9 Å². The molecule has 0 fully saturated rings. The molecule has 0 saturated heterocycles. The first-order valence-electron chi connectivity index (χ1n) is 5.28. The molecule has 2 rings (SSSR count). The lowest BCUT2D eigenvalue weighted by molar-refractivity contribution is -0.684. The molecular formula is C12H11N2O3S+. The third-order valence-electron chi connectivity index (χ3n) is 2.59. The van der Waals surface area contributed by atoms with E-state index in [4.69, 9.17) is 0 Å². The maximum absolute atomic E-state index is 12.0. The van der Waals surface area contributed by atoms with Crippen LogP contribution in [0.3, 0.4) is 0 Å². The van der Waals surface area contributed by atoms with Crippen LogP contribution in [0.15, 0.2) is 35.2 Å². The van der Waals surface area contributed by atoms with Gasteiger partial charge in [0.1, 0.15) is 0 Å². The molecule has 92 valence electrons. The molecule has 0 bridgehead atoms. The first-order chi connectivity index (χ1) is 8.58. The van der Waals surface area contributed by atoms with Gasteiger partial charge in [-0.05, 0) is 12.1 Å². The molecule has 0 amide bonds. The second kappa shape index (κ2) is 5.05. The third kappa shape index (κ3) is 2.60. The summed E-state index contributed by atoms with van der Waals surface area (Å²) >= 11 is 1.53. The van der Waals surface area contributed by atoms with Gasteiger partial charge in [-0.1, -0.05) is 11.3 Å². The second-order valence-corrected chi connectivity index (χ2v) is 4.57. The molecule has 1 aromatic carbocycles. The van der Waals surface area contributed by atoms with Crippen molar-refractivity contribution < 1.29 is 14.3 Å². The van der Waals surface area contributed by atoms with Crippen molar-refractivity contribution in [2.75, 3.05) is 0 Å². The van der Waals surface area contributed by atoms with E-state index in [9.17, 15) is 14.9 Å². The molecule has 0 saturated carbocycles. The van der Waals surface area contributed by atoms with Crippen molar-refractivity contribution in [3.8, 4) is 0 Å². The fourth-order valence-corrected chi connectivity index (χ4v) is 2.31. The molecule has 0 spiro atoms. The highest BCUT2D eigenvalue weighted by Crippen LogP contribution is 2.12. The Kier molecular flexibility index (Phi) is 3.47. The highest BCUT2D eigenvalue weighted by atomic mass is 32.1. The summed E-state index contributed by atoms with van der Waals surface area (Å²) in [5, 5.41) is 12.5. The van der Waals surface area contributed by atoms with Crippen molar-refractivity contribution in [3.63, 3.8) is 0 Å². The summed E-state index contributed by atoms with van der Waals surface area (Å²) in [6, 6.07) is 5.67. The van der Waals surface area contributed by atoms with Crippen LogP contribution in [0, 0.1) is 17.0 Å². The van der Waals surface area contributed by atoms with Gasteiger partial charge in [0, 0.05) is 24.6 Å². The van der Waals surface area contributed by atoms with Crippen LogP contribution in [-0.2, 0) is 6.54 Å². The van der Waals surface area contributed by atoms with Crippen LogP contribution in [0.5, 0.6) is 0 Å². The Morgan fingerprint density at radius 3 is 2.56 bits per heavy atom. The number of carbonyl (C=O) groups is 1. The van der Waals surface area contributed by atoms with Crippen LogP contribution < -0.4 is 4.57 Å². The molecule has 0 aliphatic heterocycles. The van der Waals surface area contributed by atoms with E-state index in [1.165, 1.54) is 35.6 Å². The van der Waals surface area contributed by atoms with E-state index >= 15 is 0 Å². The SMILES string of the molecule is Cc1csc[n+]1CC(=O)c1ccc([N+](=O)[O-])cc1. The van der Waals surface area contributed by atoms with Gasteiger partial charge in [-0.2, -0.15) is 4.57 Å².